The molecule has 0 aromatic heterocycles. The highest BCUT2D eigenvalue weighted by molar-refractivity contribution is 5.76. The summed E-state index contributed by atoms with van der Waals surface area (Å²) >= 11 is 0. The molecule has 1 unspecified atom stereocenters. The molecule has 2 atom stereocenters. The lowest BCUT2D eigenvalue weighted by Gasteiger charge is -2.47. The summed E-state index contributed by atoms with van der Waals surface area (Å²) < 4.78 is 28.3. The number of fused-ring (bicyclic) bond motifs is 1. The first-order valence-corrected chi connectivity index (χ1v) is 11.7. The lowest BCUT2D eigenvalue weighted by Crippen LogP contribution is -2.52. The van der Waals surface area contributed by atoms with Crippen molar-refractivity contribution in [1.29, 1.82) is 0 Å². The fourth-order valence-corrected chi connectivity index (χ4v) is 5.62. The maximum atomic E-state index is 15.0. The van der Waals surface area contributed by atoms with Gasteiger partial charge < -0.3 is 5.32 Å². The van der Waals surface area contributed by atoms with Crippen molar-refractivity contribution in [2.75, 3.05) is 11.9 Å². The van der Waals surface area contributed by atoms with Crippen LogP contribution in [0.15, 0.2) is 41.4 Å². The summed E-state index contributed by atoms with van der Waals surface area (Å²) in [5.41, 5.74) is 2.83. The summed E-state index contributed by atoms with van der Waals surface area (Å²) in [4.78, 5) is 6.91. The zero-order valence-corrected chi connectivity index (χ0v) is 19.1. The Labute approximate surface area is 185 Å². The molecule has 4 rings (SSSR count). The second-order valence-corrected chi connectivity index (χ2v) is 10.0. The monoisotopic (exact) mass is 427 g/mol. The lowest BCUT2D eigenvalue weighted by atomic mass is 9.79. The van der Waals surface area contributed by atoms with Crippen molar-refractivity contribution in [3.63, 3.8) is 0 Å². The molecule has 0 radical (unpaired) electrons. The number of benzene rings is 1. The van der Waals surface area contributed by atoms with Gasteiger partial charge in [0.25, 0.3) is 0 Å². The predicted molar refractivity (Wildman–Crippen MR) is 125 cm³/mol. The van der Waals surface area contributed by atoms with E-state index in [1.807, 2.05) is 6.07 Å². The fourth-order valence-electron chi connectivity index (χ4n) is 5.62. The summed E-state index contributed by atoms with van der Waals surface area (Å²) in [5, 5.41) is 3.17. The van der Waals surface area contributed by atoms with E-state index in [4.69, 9.17) is 0 Å². The largest absolute Gasteiger partial charge is 0.338 e. The number of rotatable bonds is 7. The Bertz CT molecular complexity index is 898. The molecule has 3 nitrogen and oxygen atoms in total. The smallest absolute Gasteiger partial charge is 0.146 e. The number of aliphatic imine (C=N–C) groups is 1. The number of nitrogens with one attached hydrogen (secondary N) is 1. The summed E-state index contributed by atoms with van der Waals surface area (Å²) in [5.74, 6) is 0.412. The number of nitrogens with zero attached hydrogens (tertiary/aromatic N) is 2. The molecule has 2 heterocycles. The molecule has 1 N–H and O–H groups in total. The second kappa shape index (κ2) is 8.85. The molecule has 1 saturated carbocycles. The van der Waals surface area contributed by atoms with Gasteiger partial charge in [-0.15, -0.1) is 0 Å². The van der Waals surface area contributed by atoms with Crippen LogP contribution in [0.1, 0.15) is 76.3 Å². The van der Waals surface area contributed by atoms with E-state index in [0.717, 1.165) is 50.4 Å². The van der Waals surface area contributed by atoms with E-state index in [1.54, 1.807) is 6.07 Å². The zero-order chi connectivity index (χ0) is 22.2. The van der Waals surface area contributed by atoms with Crippen molar-refractivity contribution in [2.24, 2.45) is 10.9 Å². The van der Waals surface area contributed by atoms with E-state index in [2.05, 4.69) is 48.6 Å². The van der Waals surface area contributed by atoms with Crippen LogP contribution in [0, 0.1) is 11.7 Å². The highest BCUT2D eigenvalue weighted by Gasteiger charge is 2.42. The van der Waals surface area contributed by atoms with Crippen molar-refractivity contribution in [3.05, 3.63) is 53.4 Å². The Kier molecular flexibility index (Phi) is 6.34. The first-order valence-electron chi connectivity index (χ1n) is 11.7. The topological polar surface area (TPSA) is 27.6 Å². The zero-order valence-electron chi connectivity index (χ0n) is 19.1. The Balaban J connectivity index is 1.60. The van der Waals surface area contributed by atoms with Crippen molar-refractivity contribution < 1.29 is 8.78 Å². The number of allylic oxidation sites excluding steroid dienone is 2. The third-order valence-electron chi connectivity index (χ3n) is 7.12. The minimum Gasteiger partial charge on any atom is -0.338 e. The van der Waals surface area contributed by atoms with E-state index in [1.165, 1.54) is 18.4 Å². The molecule has 31 heavy (non-hydrogen) atoms. The number of hydrogen-bond acceptors (Lipinski definition) is 3. The molecule has 168 valence electrons. The summed E-state index contributed by atoms with van der Waals surface area (Å²) in [6.07, 6.45) is 10.8. The van der Waals surface area contributed by atoms with Crippen molar-refractivity contribution in [1.82, 2.24) is 4.90 Å². The molecule has 1 aromatic rings. The normalized spacial score (nSPS) is 26.3. The number of hydrogen-bond donors (Lipinski definition) is 1. The maximum Gasteiger partial charge on any atom is 0.146 e. The average Bonchev–Trinajstić information content (AvgIpc) is 3.43. The van der Waals surface area contributed by atoms with Crippen LogP contribution in [-0.4, -0.2) is 29.2 Å². The molecular weight excluding hydrogens is 392 g/mol. The van der Waals surface area contributed by atoms with Crippen LogP contribution < -0.4 is 5.32 Å². The van der Waals surface area contributed by atoms with E-state index in [0.29, 0.717) is 29.4 Å². The van der Waals surface area contributed by atoms with Gasteiger partial charge in [-0.05, 0) is 107 Å². The number of halogens is 2. The third-order valence-corrected chi connectivity index (χ3v) is 7.12. The van der Waals surface area contributed by atoms with Crippen molar-refractivity contribution >= 4 is 11.9 Å². The fraction of sp³-hybridized carbons (Fsp3) is 0.577. The molecular formula is C26H35F2N3. The minimum absolute atomic E-state index is 0.117. The van der Waals surface area contributed by atoms with Gasteiger partial charge in [-0.2, -0.15) is 0 Å². The summed E-state index contributed by atoms with van der Waals surface area (Å²) in [7, 11) is 0. The molecule has 5 heteroatoms. The molecule has 2 aliphatic heterocycles. The Morgan fingerprint density at radius 3 is 2.77 bits per heavy atom. The van der Waals surface area contributed by atoms with Gasteiger partial charge in [0.2, 0.25) is 0 Å². The number of aryl methyl sites for hydroxylation is 1. The molecule has 3 aliphatic rings. The van der Waals surface area contributed by atoms with Gasteiger partial charge >= 0.3 is 0 Å². The number of anilines is 1. The first-order chi connectivity index (χ1) is 14.8. The van der Waals surface area contributed by atoms with E-state index in [-0.39, 0.29) is 11.4 Å². The molecule has 1 aromatic carbocycles. The minimum atomic E-state index is -0.613. The van der Waals surface area contributed by atoms with Crippen LogP contribution in [0.2, 0.25) is 0 Å². The van der Waals surface area contributed by atoms with Gasteiger partial charge in [-0.1, -0.05) is 13.5 Å². The van der Waals surface area contributed by atoms with Gasteiger partial charge in [0.05, 0.1) is 11.9 Å². The van der Waals surface area contributed by atoms with Crippen LogP contribution in [-0.2, 0) is 6.42 Å². The third kappa shape index (κ3) is 5.08. The van der Waals surface area contributed by atoms with E-state index < -0.39 is 5.83 Å². The average molecular weight is 428 g/mol. The van der Waals surface area contributed by atoms with Crippen molar-refractivity contribution in [2.45, 2.75) is 83.2 Å². The maximum absolute atomic E-state index is 15.0. The molecule has 3 fully saturated rings. The number of piperidine rings is 1. The second-order valence-electron chi connectivity index (χ2n) is 10.0. The van der Waals surface area contributed by atoms with E-state index >= 15 is 0 Å². The van der Waals surface area contributed by atoms with Gasteiger partial charge in [0.15, 0.2) is 0 Å². The van der Waals surface area contributed by atoms with Crippen LogP contribution in [0.4, 0.5) is 14.5 Å². The van der Waals surface area contributed by atoms with Gasteiger partial charge in [-0.3, -0.25) is 4.90 Å². The summed E-state index contributed by atoms with van der Waals surface area (Å²) in [6.45, 7) is 11.1. The van der Waals surface area contributed by atoms with Gasteiger partial charge in [0.1, 0.15) is 17.5 Å². The summed E-state index contributed by atoms with van der Waals surface area (Å²) in [6, 6.07) is 4.15. The highest BCUT2D eigenvalue weighted by atomic mass is 19.1. The molecule has 0 spiro atoms. The van der Waals surface area contributed by atoms with Gasteiger partial charge in [-0.25, -0.2) is 13.8 Å². The molecule has 2 saturated heterocycles. The Morgan fingerprint density at radius 2 is 2.10 bits per heavy atom. The first kappa shape index (κ1) is 22.2. The lowest BCUT2D eigenvalue weighted by molar-refractivity contribution is 0.0373. The van der Waals surface area contributed by atoms with Crippen molar-refractivity contribution in [3.8, 4) is 0 Å². The van der Waals surface area contributed by atoms with Crippen LogP contribution in [0.25, 0.3) is 0 Å². The molecule has 0 bridgehead atoms. The highest BCUT2D eigenvalue weighted by Crippen LogP contribution is 2.44. The standard InChI is InChI=1S/C26H35F2N3/c1-5-19-13-24(23(28)14-22(19)20-8-9-20)30-25(29-16-17(2)27)12-18-11-21-7-6-10-31(21)26(3,4)15-18/h12-14,16,18,20-21,30H,2,5-11,15H2,1,3-4H3/b25-12?,29-16-/t18?,21-/m1/s1. The molecule has 0 amide bonds. The quantitative estimate of drug-likeness (QED) is 0.489. The SMILES string of the molecule is C=C(F)/C=N\C(=CC1C[C@H]2CCCN2C(C)(C)C1)Nc1cc(CC)c(C2CC2)cc1F. The van der Waals surface area contributed by atoms with Crippen LogP contribution in [0.3, 0.4) is 0 Å². The van der Waals surface area contributed by atoms with Crippen LogP contribution in [0.5, 0.6) is 0 Å². The predicted octanol–water partition coefficient (Wildman–Crippen LogP) is 6.73. The van der Waals surface area contributed by atoms with Crippen LogP contribution >= 0.6 is 0 Å². The molecule has 1 aliphatic carbocycles. The van der Waals surface area contributed by atoms with E-state index in [9.17, 15) is 8.78 Å². The Morgan fingerprint density at radius 1 is 1.32 bits per heavy atom. The van der Waals surface area contributed by atoms with Gasteiger partial charge in [0, 0.05) is 11.6 Å². The Hall–Kier alpha value is -2.01.